The van der Waals surface area contributed by atoms with Gasteiger partial charge in [0.05, 0.1) is 6.04 Å². The fourth-order valence-electron chi connectivity index (χ4n) is 2.94. The number of nitrogens with one attached hydrogen (secondary N) is 2. The van der Waals surface area contributed by atoms with E-state index in [1.165, 1.54) is 24.8 Å². The number of carbonyl (C=O) groups is 1. The van der Waals surface area contributed by atoms with Gasteiger partial charge in [0.15, 0.2) is 0 Å². The maximum atomic E-state index is 12.3. The molecule has 0 aliphatic heterocycles. The molecule has 0 spiro atoms. The molecule has 21 heavy (non-hydrogen) atoms. The molecule has 0 heterocycles. The van der Waals surface area contributed by atoms with Gasteiger partial charge in [0, 0.05) is 16.6 Å². The number of amides is 1. The highest BCUT2D eigenvalue weighted by Crippen LogP contribution is 2.23. The third-order valence-electron chi connectivity index (χ3n) is 4.22. The first-order valence-corrected chi connectivity index (χ1v) is 8.68. The third-order valence-corrected chi connectivity index (χ3v) is 4.94. The molecule has 0 saturated heterocycles. The Kier molecular flexibility index (Phi) is 6.24. The number of hydrogen-bond acceptors (Lipinski definition) is 2. The van der Waals surface area contributed by atoms with Crippen molar-refractivity contribution in [3.63, 3.8) is 0 Å². The maximum Gasteiger partial charge on any atom is 0.237 e. The Balaban J connectivity index is 1.86. The molecule has 2 atom stereocenters. The van der Waals surface area contributed by atoms with Crippen LogP contribution in [0.4, 0.5) is 0 Å². The van der Waals surface area contributed by atoms with E-state index in [1.807, 2.05) is 25.1 Å². The molecular weight excluding hydrogens is 328 g/mol. The lowest BCUT2D eigenvalue weighted by atomic mass is 9.95. The van der Waals surface area contributed by atoms with Gasteiger partial charge in [0.2, 0.25) is 5.91 Å². The van der Waals surface area contributed by atoms with Crippen LogP contribution in [0.1, 0.15) is 57.6 Å². The summed E-state index contributed by atoms with van der Waals surface area (Å²) in [5.74, 6) is 0.112. The van der Waals surface area contributed by atoms with E-state index in [4.69, 9.17) is 0 Å². The molecule has 0 aromatic heterocycles. The summed E-state index contributed by atoms with van der Waals surface area (Å²) < 4.78 is 1.07. The Labute approximate surface area is 136 Å². The van der Waals surface area contributed by atoms with Crippen LogP contribution >= 0.6 is 15.9 Å². The largest absolute Gasteiger partial charge is 0.352 e. The summed E-state index contributed by atoms with van der Waals surface area (Å²) in [7, 11) is 0. The smallest absolute Gasteiger partial charge is 0.237 e. The highest BCUT2D eigenvalue weighted by atomic mass is 79.9. The molecular formula is C17H25BrN2O. The number of benzene rings is 1. The highest BCUT2D eigenvalue weighted by molar-refractivity contribution is 9.10. The number of rotatable bonds is 5. The SMILES string of the molecule is CC(N[C@H](C)c1ccccc1Br)C(=O)NC1CCCCC1. The summed E-state index contributed by atoms with van der Waals surface area (Å²) >= 11 is 3.56. The third kappa shape index (κ3) is 4.82. The summed E-state index contributed by atoms with van der Waals surface area (Å²) in [4.78, 5) is 12.3. The Morgan fingerprint density at radius 1 is 1.19 bits per heavy atom. The second-order valence-corrected chi connectivity index (χ2v) is 6.83. The number of halogens is 1. The first-order chi connectivity index (χ1) is 10.1. The predicted octanol–water partition coefficient (Wildman–Crippen LogP) is 3.94. The Bertz CT molecular complexity index is 472. The van der Waals surface area contributed by atoms with Gasteiger partial charge < -0.3 is 5.32 Å². The second-order valence-electron chi connectivity index (χ2n) is 5.98. The van der Waals surface area contributed by atoms with Gasteiger partial charge in [-0.15, -0.1) is 0 Å². The normalized spacial score (nSPS) is 19.0. The summed E-state index contributed by atoms with van der Waals surface area (Å²) in [5, 5.41) is 6.56. The molecule has 1 amide bonds. The molecule has 1 aromatic rings. The van der Waals surface area contributed by atoms with E-state index in [2.05, 4.69) is 39.6 Å². The summed E-state index contributed by atoms with van der Waals surface area (Å²) in [5.41, 5.74) is 1.18. The van der Waals surface area contributed by atoms with Gasteiger partial charge in [-0.25, -0.2) is 0 Å². The Hall–Kier alpha value is -0.870. The number of hydrogen-bond donors (Lipinski definition) is 2. The quantitative estimate of drug-likeness (QED) is 0.842. The number of carbonyl (C=O) groups excluding carboxylic acids is 1. The monoisotopic (exact) mass is 352 g/mol. The molecule has 1 unspecified atom stereocenters. The van der Waals surface area contributed by atoms with Crippen molar-refractivity contribution in [3.8, 4) is 0 Å². The maximum absolute atomic E-state index is 12.3. The van der Waals surface area contributed by atoms with E-state index in [-0.39, 0.29) is 18.0 Å². The van der Waals surface area contributed by atoms with E-state index < -0.39 is 0 Å². The zero-order valence-corrected chi connectivity index (χ0v) is 14.4. The molecule has 2 rings (SSSR count). The summed E-state index contributed by atoms with van der Waals surface area (Å²) in [6.45, 7) is 4.02. The molecule has 1 aromatic carbocycles. The van der Waals surface area contributed by atoms with Gasteiger partial charge in [0.1, 0.15) is 0 Å². The molecule has 0 bridgehead atoms. The van der Waals surface area contributed by atoms with Crippen LogP contribution in [-0.2, 0) is 4.79 Å². The van der Waals surface area contributed by atoms with Crippen LogP contribution in [0.5, 0.6) is 0 Å². The van der Waals surface area contributed by atoms with Gasteiger partial charge in [-0.2, -0.15) is 0 Å². The van der Waals surface area contributed by atoms with Gasteiger partial charge in [-0.05, 0) is 38.3 Å². The van der Waals surface area contributed by atoms with Crippen LogP contribution < -0.4 is 10.6 Å². The minimum atomic E-state index is -0.186. The van der Waals surface area contributed by atoms with E-state index in [0.29, 0.717) is 6.04 Å². The molecule has 0 radical (unpaired) electrons. The van der Waals surface area contributed by atoms with E-state index >= 15 is 0 Å². The Morgan fingerprint density at radius 3 is 2.52 bits per heavy atom. The first kappa shape index (κ1) is 16.5. The lowest BCUT2D eigenvalue weighted by molar-refractivity contribution is -0.123. The fraction of sp³-hybridized carbons (Fsp3) is 0.588. The molecule has 1 aliphatic rings. The molecule has 2 N–H and O–H groups in total. The zero-order chi connectivity index (χ0) is 15.2. The van der Waals surface area contributed by atoms with Crippen LogP contribution in [0, 0.1) is 0 Å². The molecule has 1 aliphatic carbocycles. The average Bonchev–Trinajstić information content (AvgIpc) is 2.48. The standard InChI is InChI=1S/C17H25BrN2O/c1-12(15-10-6-7-11-16(15)18)19-13(2)17(21)20-14-8-4-3-5-9-14/h6-7,10-14,19H,3-5,8-9H2,1-2H3,(H,20,21)/t12-,13?/m1/s1. The first-order valence-electron chi connectivity index (χ1n) is 7.89. The predicted molar refractivity (Wildman–Crippen MR) is 90.2 cm³/mol. The van der Waals surface area contributed by atoms with Gasteiger partial charge in [-0.1, -0.05) is 53.4 Å². The van der Waals surface area contributed by atoms with Crippen molar-refractivity contribution < 1.29 is 4.79 Å². The van der Waals surface area contributed by atoms with Crippen molar-refractivity contribution in [1.82, 2.24) is 10.6 Å². The summed E-state index contributed by atoms with van der Waals surface area (Å²) in [6, 6.07) is 8.44. The van der Waals surface area contributed by atoms with Crippen molar-refractivity contribution in [2.45, 2.75) is 64.1 Å². The topological polar surface area (TPSA) is 41.1 Å². The second kappa shape index (κ2) is 7.95. The van der Waals surface area contributed by atoms with Crippen molar-refractivity contribution in [2.24, 2.45) is 0 Å². The van der Waals surface area contributed by atoms with Crippen molar-refractivity contribution in [1.29, 1.82) is 0 Å². The van der Waals surface area contributed by atoms with Crippen LogP contribution in [0.2, 0.25) is 0 Å². The molecule has 4 heteroatoms. The minimum absolute atomic E-state index is 0.112. The molecule has 1 fully saturated rings. The fourth-order valence-corrected chi connectivity index (χ4v) is 3.57. The molecule has 3 nitrogen and oxygen atoms in total. The highest BCUT2D eigenvalue weighted by Gasteiger charge is 2.21. The van der Waals surface area contributed by atoms with E-state index in [9.17, 15) is 4.79 Å². The van der Waals surface area contributed by atoms with Crippen molar-refractivity contribution in [3.05, 3.63) is 34.3 Å². The Morgan fingerprint density at radius 2 is 1.86 bits per heavy atom. The average molecular weight is 353 g/mol. The molecule has 1 saturated carbocycles. The van der Waals surface area contributed by atoms with E-state index in [0.717, 1.165) is 17.3 Å². The lowest BCUT2D eigenvalue weighted by Crippen LogP contribution is -2.47. The molecule has 116 valence electrons. The van der Waals surface area contributed by atoms with Gasteiger partial charge in [-0.3, -0.25) is 10.1 Å². The van der Waals surface area contributed by atoms with E-state index in [1.54, 1.807) is 0 Å². The minimum Gasteiger partial charge on any atom is -0.352 e. The van der Waals surface area contributed by atoms with Crippen molar-refractivity contribution >= 4 is 21.8 Å². The summed E-state index contributed by atoms with van der Waals surface area (Å²) in [6.07, 6.45) is 6.02. The zero-order valence-electron chi connectivity index (χ0n) is 12.9. The van der Waals surface area contributed by atoms with Gasteiger partial charge in [0.25, 0.3) is 0 Å². The van der Waals surface area contributed by atoms with Gasteiger partial charge >= 0.3 is 0 Å². The van der Waals surface area contributed by atoms with Crippen LogP contribution in [-0.4, -0.2) is 18.0 Å². The lowest BCUT2D eigenvalue weighted by Gasteiger charge is -2.26. The van der Waals surface area contributed by atoms with Crippen LogP contribution in [0.15, 0.2) is 28.7 Å². The van der Waals surface area contributed by atoms with Crippen LogP contribution in [0.3, 0.4) is 0 Å². The van der Waals surface area contributed by atoms with Crippen molar-refractivity contribution in [2.75, 3.05) is 0 Å². The van der Waals surface area contributed by atoms with Crippen LogP contribution in [0.25, 0.3) is 0 Å².